The molecule has 3 rings (SSSR count). The Balaban J connectivity index is 1.82. The van der Waals surface area contributed by atoms with Crippen molar-refractivity contribution in [3.63, 3.8) is 0 Å². The van der Waals surface area contributed by atoms with Gasteiger partial charge in [0.2, 0.25) is 5.91 Å². The van der Waals surface area contributed by atoms with Crippen LogP contribution in [0.2, 0.25) is 0 Å². The number of carbonyl (C=O) groups excluding carboxylic acids is 1. The summed E-state index contributed by atoms with van der Waals surface area (Å²) in [6.45, 7) is 5.78. The fourth-order valence-corrected chi connectivity index (χ4v) is 3.22. The number of carbonyl (C=O) groups is 1. The van der Waals surface area contributed by atoms with Crippen molar-refractivity contribution in [3.05, 3.63) is 45.1 Å². The second kappa shape index (κ2) is 6.60. The lowest BCUT2D eigenvalue weighted by atomic mass is 10.1. The summed E-state index contributed by atoms with van der Waals surface area (Å²) in [5.74, 6) is 0.0260. The minimum Gasteiger partial charge on any atom is -0.337 e. The van der Waals surface area contributed by atoms with Gasteiger partial charge in [0.05, 0.1) is 10.9 Å². The zero-order chi connectivity index (χ0) is 17.3. The molecule has 0 saturated carbocycles. The van der Waals surface area contributed by atoms with Crippen molar-refractivity contribution in [1.29, 1.82) is 0 Å². The molecular formula is C17H22N4O3. The summed E-state index contributed by atoms with van der Waals surface area (Å²) in [5, 5.41) is 3.79. The molecule has 1 amide bonds. The van der Waals surface area contributed by atoms with Gasteiger partial charge in [0.1, 0.15) is 0 Å². The van der Waals surface area contributed by atoms with E-state index in [1.165, 1.54) is 4.57 Å². The van der Waals surface area contributed by atoms with Gasteiger partial charge in [-0.15, -0.1) is 0 Å². The van der Waals surface area contributed by atoms with Crippen LogP contribution in [0.4, 0.5) is 0 Å². The molecule has 24 heavy (non-hydrogen) atoms. The molecule has 2 aromatic rings. The fraction of sp³-hybridized carbons (Fsp3) is 0.471. The Morgan fingerprint density at radius 2 is 2.00 bits per heavy atom. The van der Waals surface area contributed by atoms with Gasteiger partial charge in [0.15, 0.2) is 0 Å². The zero-order valence-corrected chi connectivity index (χ0v) is 13.9. The third-order valence-corrected chi connectivity index (χ3v) is 4.81. The van der Waals surface area contributed by atoms with Crippen molar-refractivity contribution >= 4 is 16.8 Å². The average Bonchev–Trinajstić information content (AvgIpc) is 2.57. The third kappa shape index (κ3) is 2.99. The molecule has 2 unspecified atom stereocenters. The van der Waals surface area contributed by atoms with Crippen LogP contribution in [0.1, 0.15) is 20.3 Å². The maximum absolute atomic E-state index is 12.6. The van der Waals surface area contributed by atoms with E-state index in [1.54, 1.807) is 24.3 Å². The van der Waals surface area contributed by atoms with Crippen LogP contribution in [0.25, 0.3) is 10.9 Å². The van der Waals surface area contributed by atoms with Gasteiger partial charge in [-0.25, -0.2) is 4.79 Å². The molecule has 2 atom stereocenters. The van der Waals surface area contributed by atoms with E-state index in [9.17, 15) is 14.4 Å². The smallest absolute Gasteiger partial charge is 0.328 e. The van der Waals surface area contributed by atoms with Crippen LogP contribution in [0.15, 0.2) is 33.9 Å². The van der Waals surface area contributed by atoms with E-state index in [1.807, 2.05) is 11.8 Å². The Labute approximate surface area is 139 Å². The highest BCUT2D eigenvalue weighted by atomic mass is 16.2. The Bertz CT molecular complexity index is 870. The van der Waals surface area contributed by atoms with Crippen LogP contribution in [0.3, 0.4) is 0 Å². The first-order valence-electron chi connectivity index (χ1n) is 8.24. The normalized spacial score (nSPS) is 21.2. The number of hydrogen-bond acceptors (Lipinski definition) is 4. The van der Waals surface area contributed by atoms with Crippen molar-refractivity contribution in [2.45, 2.75) is 38.9 Å². The lowest BCUT2D eigenvalue weighted by Crippen LogP contribution is -2.57. The van der Waals surface area contributed by atoms with Gasteiger partial charge in [-0.2, -0.15) is 0 Å². The van der Waals surface area contributed by atoms with Crippen molar-refractivity contribution in [2.75, 3.05) is 13.1 Å². The predicted octanol–water partition coefficient (Wildman–Crippen LogP) is 0.289. The number of nitrogens with one attached hydrogen (secondary N) is 2. The van der Waals surface area contributed by atoms with E-state index in [0.29, 0.717) is 17.4 Å². The first kappa shape index (κ1) is 16.4. The summed E-state index contributed by atoms with van der Waals surface area (Å²) in [5.41, 5.74) is -0.322. The SMILES string of the molecule is CC1NCCN(C(=O)CCn2c(=O)[nH]c(=O)c3ccccc32)C1C. The van der Waals surface area contributed by atoms with Crippen LogP contribution in [0, 0.1) is 0 Å². The number of aryl methyl sites for hydroxylation is 1. The summed E-state index contributed by atoms with van der Waals surface area (Å²) in [6, 6.07) is 7.30. The minimum absolute atomic E-state index is 0.0260. The molecule has 2 heterocycles. The van der Waals surface area contributed by atoms with E-state index < -0.39 is 11.2 Å². The van der Waals surface area contributed by atoms with Crippen molar-refractivity contribution in [3.8, 4) is 0 Å². The molecule has 1 aromatic carbocycles. The average molecular weight is 330 g/mol. The summed E-state index contributed by atoms with van der Waals surface area (Å²) >= 11 is 0. The van der Waals surface area contributed by atoms with Gasteiger partial charge in [-0.3, -0.25) is 19.1 Å². The standard InChI is InChI=1S/C17H22N4O3/c1-11-12(2)20(10-8-18-11)15(22)7-9-21-14-6-4-3-5-13(14)16(23)19-17(21)24/h3-6,11-12,18H,7-10H2,1-2H3,(H,19,23,24). The van der Waals surface area contributed by atoms with Crippen molar-refractivity contribution < 1.29 is 4.79 Å². The Kier molecular flexibility index (Phi) is 4.53. The molecule has 0 bridgehead atoms. The Morgan fingerprint density at radius 3 is 2.79 bits per heavy atom. The van der Waals surface area contributed by atoms with Gasteiger partial charge in [-0.05, 0) is 26.0 Å². The van der Waals surface area contributed by atoms with E-state index in [-0.39, 0.29) is 31.0 Å². The first-order chi connectivity index (χ1) is 11.5. The first-order valence-corrected chi connectivity index (χ1v) is 8.24. The molecule has 7 nitrogen and oxygen atoms in total. The summed E-state index contributed by atoms with van der Waals surface area (Å²) in [4.78, 5) is 40.7. The maximum Gasteiger partial charge on any atom is 0.328 e. The van der Waals surface area contributed by atoms with Crippen molar-refractivity contribution in [1.82, 2.24) is 19.8 Å². The summed E-state index contributed by atoms with van der Waals surface area (Å²) in [7, 11) is 0. The number of benzene rings is 1. The number of hydrogen-bond donors (Lipinski definition) is 2. The second-order valence-electron chi connectivity index (χ2n) is 6.25. The maximum atomic E-state index is 12.6. The molecule has 2 N–H and O–H groups in total. The molecule has 1 fully saturated rings. The highest BCUT2D eigenvalue weighted by Crippen LogP contribution is 2.12. The quantitative estimate of drug-likeness (QED) is 0.847. The number of aromatic amines is 1. The van der Waals surface area contributed by atoms with Crippen LogP contribution in [-0.4, -0.2) is 45.5 Å². The van der Waals surface area contributed by atoms with Gasteiger partial charge in [-0.1, -0.05) is 12.1 Å². The number of rotatable bonds is 3. The number of nitrogens with zero attached hydrogens (tertiary/aromatic N) is 2. The Morgan fingerprint density at radius 1 is 1.25 bits per heavy atom. The molecular weight excluding hydrogens is 308 g/mol. The highest BCUT2D eigenvalue weighted by Gasteiger charge is 2.27. The lowest BCUT2D eigenvalue weighted by Gasteiger charge is -2.38. The molecule has 7 heteroatoms. The lowest BCUT2D eigenvalue weighted by molar-refractivity contribution is -0.135. The fourth-order valence-electron chi connectivity index (χ4n) is 3.22. The Hall–Kier alpha value is -2.41. The topological polar surface area (TPSA) is 87.2 Å². The van der Waals surface area contributed by atoms with Crippen LogP contribution < -0.4 is 16.6 Å². The van der Waals surface area contributed by atoms with E-state index in [2.05, 4.69) is 17.2 Å². The number of H-pyrrole nitrogens is 1. The number of aromatic nitrogens is 2. The molecule has 0 spiro atoms. The van der Waals surface area contributed by atoms with Crippen LogP contribution in [-0.2, 0) is 11.3 Å². The van der Waals surface area contributed by atoms with Crippen LogP contribution >= 0.6 is 0 Å². The monoisotopic (exact) mass is 330 g/mol. The molecule has 1 aliphatic rings. The van der Waals surface area contributed by atoms with Gasteiger partial charge >= 0.3 is 5.69 Å². The minimum atomic E-state index is -0.478. The number of amides is 1. The van der Waals surface area contributed by atoms with Crippen molar-refractivity contribution in [2.24, 2.45) is 0 Å². The molecule has 1 saturated heterocycles. The predicted molar refractivity (Wildman–Crippen MR) is 92.1 cm³/mol. The van der Waals surface area contributed by atoms with E-state index in [0.717, 1.165) is 6.54 Å². The van der Waals surface area contributed by atoms with E-state index in [4.69, 9.17) is 0 Å². The number of piperazine rings is 1. The highest BCUT2D eigenvalue weighted by molar-refractivity contribution is 5.79. The second-order valence-corrected chi connectivity index (χ2v) is 6.25. The summed E-state index contributed by atoms with van der Waals surface area (Å²) < 4.78 is 1.46. The third-order valence-electron chi connectivity index (χ3n) is 4.81. The van der Waals surface area contributed by atoms with E-state index >= 15 is 0 Å². The molecule has 128 valence electrons. The molecule has 1 aliphatic heterocycles. The van der Waals surface area contributed by atoms with Crippen LogP contribution in [0.5, 0.6) is 0 Å². The molecule has 0 aliphatic carbocycles. The molecule has 1 aromatic heterocycles. The number of fused-ring (bicyclic) bond motifs is 1. The van der Waals surface area contributed by atoms with Gasteiger partial charge in [0.25, 0.3) is 5.56 Å². The van der Waals surface area contributed by atoms with Gasteiger partial charge in [0, 0.05) is 38.1 Å². The van der Waals surface area contributed by atoms with Gasteiger partial charge < -0.3 is 10.2 Å². The summed E-state index contributed by atoms with van der Waals surface area (Å²) in [6.07, 6.45) is 0.229. The zero-order valence-electron chi connectivity index (χ0n) is 13.9. The number of para-hydroxylation sites is 1. The molecule has 0 radical (unpaired) electrons. The largest absolute Gasteiger partial charge is 0.337 e.